The minimum Gasteiger partial charge on any atom is -0.343 e. The maximum Gasteiger partial charge on any atom is 0.271 e. The van der Waals surface area contributed by atoms with Crippen molar-refractivity contribution in [3.63, 3.8) is 0 Å². The van der Waals surface area contributed by atoms with E-state index in [0.717, 1.165) is 18.5 Å². The SMILES string of the molecule is CC(=O)N1CCC(c2noc(CNC(=O)c3cnc(C)cn3)n2)CC1. The summed E-state index contributed by atoms with van der Waals surface area (Å²) in [6, 6.07) is 0. The molecule has 0 unspecified atom stereocenters. The smallest absolute Gasteiger partial charge is 0.271 e. The molecule has 0 bridgehead atoms. The molecule has 0 atom stereocenters. The van der Waals surface area contributed by atoms with Gasteiger partial charge in [0.15, 0.2) is 5.82 Å². The molecule has 0 saturated carbocycles. The van der Waals surface area contributed by atoms with Gasteiger partial charge in [-0.3, -0.25) is 14.6 Å². The van der Waals surface area contributed by atoms with Gasteiger partial charge < -0.3 is 14.7 Å². The molecular formula is C16H20N6O3. The summed E-state index contributed by atoms with van der Waals surface area (Å²) in [5.74, 6) is 0.892. The van der Waals surface area contributed by atoms with Gasteiger partial charge in [-0.1, -0.05) is 5.16 Å². The van der Waals surface area contributed by atoms with Crippen LogP contribution in [0.15, 0.2) is 16.9 Å². The lowest BCUT2D eigenvalue weighted by atomic mass is 9.96. The zero-order chi connectivity index (χ0) is 17.8. The Morgan fingerprint density at radius 1 is 1.28 bits per heavy atom. The molecule has 1 saturated heterocycles. The van der Waals surface area contributed by atoms with Crippen molar-refractivity contribution in [2.45, 2.75) is 39.2 Å². The molecule has 0 radical (unpaired) electrons. The fourth-order valence-corrected chi connectivity index (χ4v) is 2.71. The van der Waals surface area contributed by atoms with Crippen LogP contribution in [0.2, 0.25) is 0 Å². The lowest BCUT2D eigenvalue weighted by Gasteiger charge is -2.29. The van der Waals surface area contributed by atoms with Gasteiger partial charge in [0, 0.05) is 32.1 Å². The molecule has 2 aromatic rings. The van der Waals surface area contributed by atoms with E-state index < -0.39 is 0 Å². The first-order valence-corrected chi connectivity index (χ1v) is 8.18. The van der Waals surface area contributed by atoms with Gasteiger partial charge in [-0.15, -0.1) is 0 Å². The molecule has 0 aliphatic carbocycles. The average molecular weight is 344 g/mol. The third kappa shape index (κ3) is 4.17. The van der Waals surface area contributed by atoms with E-state index in [4.69, 9.17) is 4.52 Å². The average Bonchev–Trinajstić information content (AvgIpc) is 3.09. The zero-order valence-electron chi connectivity index (χ0n) is 14.2. The van der Waals surface area contributed by atoms with E-state index in [2.05, 4.69) is 25.4 Å². The molecule has 1 N–H and O–H groups in total. The number of piperidine rings is 1. The third-order valence-corrected chi connectivity index (χ3v) is 4.20. The molecule has 2 aromatic heterocycles. The van der Waals surface area contributed by atoms with Crippen molar-refractivity contribution in [1.82, 2.24) is 30.3 Å². The third-order valence-electron chi connectivity index (χ3n) is 4.20. The summed E-state index contributed by atoms with van der Waals surface area (Å²) in [6.07, 6.45) is 4.58. The van der Waals surface area contributed by atoms with E-state index in [-0.39, 0.29) is 30.0 Å². The van der Waals surface area contributed by atoms with Crippen LogP contribution >= 0.6 is 0 Å². The Balaban J connectivity index is 1.53. The number of likely N-dealkylation sites (tertiary alicyclic amines) is 1. The van der Waals surface area contributed by atoms with E-state index in [1.165, 1.54) is 12.4 Å². The van der Waals surface area contributed by atoms with E-state index in [9.17, 15) is 9.59 Å². The second-order valence-corrected chi connectivity index (χ2v) is 6.05. The second kappa shape index (κ2) is 7.37. The van der Waals surface area contributed by atoms with Crippen LogP contribution in [0.25, 0.3) is 0 Å². The van der Waals surface area contributed by atoms with Crippen LogP contribution in [0.4, 0.5) is 0 Å². The van der Waals surface area contributed by atoms with E-state index in [1.807, 2.05) is 4.90 Å². The highest BCUT2D eigenvalue weighted by Gasteiger charge is 2.25. The normalized spacial score (nSPS) is 15.2. The van der Waals surface area contributed by atoms with Gasteiger partial charge in [-0.25, -0.2) is 4.98 Å². The van der Waals surface area contributed by atoms with Crippen LogP contribution in [0.5, 0.6) is 0 Å². The number of hydrogen-bond donors (Lipinski definition) is 1. The highest BCUT2D eigenvalue weighted by molar-refractivity contribution is 5.91. The topological polar surface area (TPSA) is 114 Å². The number of nitrogens with one attached hydrogen (secondary N) is 1. The number of nitrogens with zero attached hydrogens (tertiary/aromatic N) is 5. The molecule has 0 aromatic carbocycles. The number of aromatic nitrogens is 4. The van der Waals surface area contributed by atoms with E-state index in [0.29, 0.717) is 24.8 Å². The molecule has 1 aliphatic rings. The molecule has 1 aliphatic heterocycles. The van der Waals surface area contributed by atoms with Gasteiger partial charge in [0.1, 0.15) is 5.69 Å². The van der Waals surface area contributed by atoms with Crippen LogP contribution in [-0.2, 0) is 11.3 Å². The first-order chi connectivity index (χ1) is 12.0. The van der Waals surface area contributed by atoms with Gasteiger partial charge in [0.25, 0.3) is 5.91 Å². The van der Waals surface area contributed by atoms with Crippen molar-refractivity contribution < 1.29 is 14.1 Å². The zero-order valence-corrected chi connectivity index (χ0v) is 14.2. The molecule has 2 amide bonds. The summed E-state index contributed by atoms with van der Waals surface area (Å²) in [4.78, 5) is 37.6. The second-order valence-electron chi connectivity index (χ2n) is 6.05. The Morgan fingerprint density at radius 2 is 2.04 bits per heavy atom. The minimum absolute atomic E-state index is 0.0918. The largest absolute Gasteiger partial charge is 0.343 e. The Hall–Kier alpha value is -2.84. The Bertz CT molecular complexity index is 749. The summed E-state index contributed by atoms with van der Waals surface area (Å²) in [5.41, 5.74) is 0.982. The Kier molecular flexibility index (Phi) is 5.01. The highest BCUT2D eigenvalue weighted by atomic mass is 16.5. The summed E-state index contributed by atoms with van der Waals surface area (Å²) in [6.45, 7) is 4.91. The van der Waals surface area contributed by atoms with Gasteiger partial charge >= 0.3 is 0 Å². The van der Waals surface area contributed by atoms with Gasteiger partial charge in [-0.05, 0) is 19.8 Å². The lowest BCUT2D eigenvalue weighted by molar-refractivity contribution is -0.129. The predicted octanol–water partition coefficient (Wildman–Crippen LogP) is 0.824. The van der Waals surface area contributed by atoms with Crippen molar-refractivity contribution in [2.24, 2.45) is 0 Å². The quantitative estimate of drug-likeness (QED) is 0.873. The standard InChI is InChI=1S/C16H20N6O3/c1-10-7-18-13(8-17-10)16(24)19-9-14-20-15(21-25-14)12-3-5-22(6-4-12)11(2)23/h7-8,12H,3-6,9H2,1-2H3,(H,19,24). The van der Waals surface area contributed by atoms with Crippen molar-refractivity contribution in [3.05, 3.63) is 35.5 Å². The van der Waals surface area contributed by atoms with Crippen molar-refractivity contribution in [3.8, 4) is 0 Å². The number of rotatable bonds is 4. The van der Waals surface area contributed by atoms with Crippen LogP contribution in [0, 0.1) is 6.92 Å². The van der Waals surface area contributed by atoms with Crippen LogP contribution in [0.1, 0.15) is 53.6 Å². The summed E-state index contributed by atoms with van der Waals surface area (Å²) >= 11 is 0. The molecule has 3 heterocycles. The van der Waals surface area contributed by atoms with Gasteiger partial charge in [-0.2, -0.15) is 4.98 Å². The molecule has 9 heteroatoms. The lowest BCUT2D eigenvalue weighted by Crippen LogP contribution is -2.36. The first kappa shape index (κ1) is 17.0. The maximum atomic E-state index is 12.0. The number of carbonyl (C=O) groups is 2. The minimum atomic E-state index is -0.345. The number of hydrogen-bond acceptors (Lipinski definition) is 7. The molecule has 0 spiro atoms. The van der Waals surface area contributed by atoms with E-state index >= 15 is 0 Å². The summed E-state index contributed by atoms with van der Waals surface area (Å²) in [5, 5.41) is 6.69. The molecule has 3 rings (SSSR count). The molecule has 1 fully saturated rings. The molecular weight excluding hydrogens is 324 g/mol. The van der Waals surface area contributed by atoms with Crippen molar-refractivity contribution in [2.75, 3.05) is 13.1 Å². The van der Waals surface area contributed by atoms with Gasteiger partial charge in [0.2, 0.25) is 11.8 Å². The van der Waals surface area contributed by atoms with Crippen LogP contribution in [0.3, 0.4) is 0 Å². The van der Waals surface area contributed by atoms with Crippen LogP contribution < -0.4 is 5.32 Å². The van der Waals surface area contributed by atoms with Crippen molar-refractivity contribution in [1.29, 1.82) is 0 Å². The monoisotopic (exact) mass is 344 g/mol. The number of aryl methyl sites for hydroxylation is 1. The molecule has 132 valence electrons. The fourth-order valence-electron chi connectivity index (χ4n) is 2.71. The fraction of sp³-hybridized carbons (Fsp3) is 0.500. The molecule has 25 heavy (non-hydrogen) atoms. The van der Waals surface area contributed by atoms with E-state index in [1.54, 1.807) is 13.8 Å². The van der Waals surface area contributed by atoms with Crippen molar-refractivity contribution >= 4 is 11.8 Å². The van der Waals surface area contributed by atoms with Crippen LogP contribution in [-0.4, -0.2) is 49.9 Å². The summed E-state index contributed by atoms with van der Waals surface area (Å²) < 4.78 is 5.21. The maximum absolute atomic E-state index is 12.0. The summed E-state index contributed by atoms with van der Waals surface area (Å²) in [7, 11) is 0. The van der Waals surface area contributed by atoms with Gasteiger partial charge in [0.05, 0.1) is 18.4 Å². The number of amides is 2. The highest BCUT2D eigenvalue weighted by Crippen LogP contribution is 2.25. The Morgan fingerprint density at radius 3 is 2.68 bits per heavy atom. The number of carbonyl (C=O) groups excluding carboxylic acids is 2. The Labute approximate surface area is 144 Å². The predicted molar refractivity (Wildman–Crippen MR) is 86.5 cm³/mol. The first-order valence-electron chi connectivity index (χ1n) is 8.18. The molecule has 9 nitrogen and oxygen atoms in total.